The van der Waals surface area contributed by atoms with Crippen LogP contribution in [-0.2, 0) is 11.1 Å². The van der Waals surface area contributed by atoms with E-state index in [9.17, 15) is 4.21 Å². The van der Waals surface area contributed by atoms with E-state index in [1.807, 2.05) is 13.0 Å². The van der Waals surface area contributed by atoms with Crippen LogP contribution in [0.4, 0.5) is 0 Å². The van der Waals surface area contributed by atoms with Crippen LogP contribution in [0.1, 0.15) is 11.3 Å². The molecule has 0 spiro atoms. The summed E-state index contributed by atoms with van der Waals surface area (Å²) in [6.07, 6.45) is 1.55. The van der Waals surface area contributed by atoms with Crippen LogP contribution < -0.4 is 0 Å². The van der Waals surface area contributed by atoms with Gasteiger partial charge in [-0.25, -0.2) is 9.19 Å². The lowest BCUT2D eigenvalue weighted by molar-refractivity contribution is 0.563. The van der Waals surface area contributed by atoms with E-state index >= 15 is 0 Å². The fourth-order valence-corrected chi connectivity index (χ4v) is 1.98. The van der Waals surface area contributed by atoms with Crippen molar-refractivity contribution in [1.29, 1.82) is 0 Å². The Kier molecular flexibility index (Phi) is 2.89. The van der Waals surface area contributed by atoms with Crippen molar-refractivity contribution in [2.75, 3.05) is 0 Å². The van der Waals surface area contributed by atoms with Crippen LogP contribution in [0.15, 0.2) is 33.8 Å². The molecule has 2 aromatic rings. The first kappa shape index (κ1) is 11.0. The van der Waals surface area contributed by atoms with Crippen LogP contribution in [-0.4, -0.2) is 13.7 Å². The van der Waals surface area contributed by atoms with Gasteiger partial charge in [-0.05, 0) is 31.5 Å². The molecule has 1 aromatic heterocycles. The number of hydrogen-bond acceptors (Lipinski definition) is 3. The first-order valence-corrected chi connectivity index (χ1v) is 5.82. The molecule has 0 saturated carbocycles. The summed E-state index contributed by atoms with van der Waals surface area (Å²) in [6, 6.07) is 5.21. The molecule has 1 N–H and O–H groups in total. The van der Waals surface area contributed by atoms with Crippen LogP contribution in [0.3, 0.4) is 0 Å². The topological polar surface area (TPSA) is 63.3 Å². The van der Waals surface area contributed by atoms with Crippen LogP contribution in [0, 0.1) is 13.8 Å². The Balaban J connectivity index is 2.51. The Hall–Kier alpha value is -1.46. The van der Waals surface area contributed by atoms with Gasteiger partial charge in [0.25, 0.3) is 0 Å². The summed E-state index contributed by atoms with van der Waals surface area (Å²) in [7, 11) is 0. The molecule has 1 unspecified atom stereocenters. The molecule has 0 aliphatic carbocycles. The van der Waals surface area contributed by atoms with Gasteiger partial charge in [-0.1, -0.05) is 6.07 Å². The normalized spacial score (nSPS) is 12.7. The molecule has 0 aliphatic rings. The number of benzene rings is 1. The monoisotopic (exact) mass is 237 g/mol. The van der Waals surface area contributed by atoms with E-state index in [-0.39, 0.29) is 0 Å². The third kappa shape index (κ3) is 2.05. The lowest BCUT2D eigenvalue weighted by Crippen LogP contribution is -1.93. The first-order chi connectivity index (χ1) is 7.58. The van der Waals surface area contributed by atoms with Gasteiger partial charge in [0.1, 0.15) is 6.26 Å². The Bertz CT molecular complexity index is 548. The number of aromatic nitrogens is 1. The molecule has 0 fully saturated rings. The molecule has 2 rings (SSSR count). The summed E-state index contributed by atoms with van der Waals surface area (Å²) < 4.78 is 25.4. The SMILES string of the molecule is Cc1coc(-c2ccc(C)c(S(=O)O)c2)n1. The van der Waals surface area contributed by atoms with Crippen molar-refractivity contribution in [1.82, 2.24) is 4.98 Å². The third-order valence-corrected chi connectivity index (χ3v) is 3.06. The molecular weight excluding hydrogens is 226 g/mol. The third-order valence-electron chi connectivity index (χ3n) is 2.24. The summed E-state index contributed by atoms with van der Waals surface area (Å²) in [6.45, 7) is 3.61. The van der Waals surface area contributed by atoms with Crippen LogP contribution >= 0.6 is 0 Å². The van der Waals surface area contributed by atoms with E-state index in [4.69, 9.17) is 8.97 Å². The Morgan fingerprint density at radius 1 is 1.38 bits per heavy atom. The minimum Gasteiger partial charge on any atom is -0.444 e. The predicted molar refractivity (Wildman–Crippen MR) is 60.5 cm³/mol. The van der Waals surface area contributed by atoms with Crippen molar-refractivity contribution < 1.29 is 13.2 Å². The number of rotatable bonds is 2. The molecular formula is C11H11NO3S. The Morgan fingerprint density at radius 2 is 2.12 bits per heavy atom. The zero-order chi connectivity index (χ0) is 11.7. The van der Waals surface area contributed by atoms with Gasteiger partial charge in [-0.3, -0.25) is 0 Å². The summed E-state index contributed by atoms with van der Waals surface area (Å²) in [5.41, 5.74) is 2.26. The number of aryl methyl sites for hydroxylation is 2. The molecule has 0 radical (unpaired) electrons. The fraction of sp³-hybridized carbons (Fsp3) is 0.182. The van der Waals surface area contributed by atoms with Crippen LogP contribution in [0.5, 0.6) is 0 Å². The average Bonchev–Trinajstić information content (AvgIpc) is 2.65. The summed E-state index contributed by atoms with van der Waals surface area (Å²) in [5, 5.41) is 0. The van der Waals surface area contributed by atoms with E-state index in [0.29, 0.717) is 16.3 Å². The van der Waals surface area contributed by atoms with E-state index < -0.39 is 11.1 Å². The molecule has 5 heteroatoms. The maximum absolute atomic E-state index is 11.1. The zero-order valence-corrected chi connectivity index (χ0v) is 9.75. The average molecular weight is 237 g/mol. The minimum atomic E-state index is -1.99. The van der Waals surface area contributed by atoms with Gasteiger partial charge in [-0.15, -0.1) is 0 Å². The van der Waals surface area contributed by atoms with Crippen molar-refractivity contribution in [2.45, 2.75) is 18.7 Å². The van der Waals surface area contributed by atoms with E-state index in [0.717, 1.165) is 11.3 Å². The van der Waals surface area contributed by atoms with Crippen molar-refractivity contribution >= 4 is 11.1 Å². The highest BCUT2D eigenvalue weighted by Crippen LogP contribution is 2.23. The fourth-order valence-electron chi connectivity index (χ4n) is 1.41. The molecule has 1 atom stereocenters. The summed E-state index contributed by atoms with van der Waals surface area (Å²) >= 11 is -1.99. The van der Waals surface area contributed by atoms with Crippen LogP contribution in [0.25, 0.3) is 11.5 Å². The second kappa shape index (κ2) is 4.19. The van der Waals surface area contributed by atoms with Gasteiger partial charge < -0.3 is 8.97 Å². The van der Waals surface area contributed by atoms with E-state index in [1.54, 1.807) is 25.3 Å². The van der Waals surface area contributed by atoms with Gasteiger partial charge >= 0.3 is 0 Å². The van der Waals surface area contributed by atoms with Crippen molar-refractivity contribution in [3.8, 4) is 11.5 Å². The maximum atomic E-state index is 11.1. The molecule has 0 amide bonds. The molecule has 1 aromatic carbocycles. The van der Waals surface area contributed by atoms with E-state index in [2.05, 4.69) is 4.98 Å². The van der Waals surface area contributed by atoms with Gasteiger partial charge in [-0.2, -0.15) is 0 Å². The number of nitrogens with zero attached hydrogens (tertiary/aromatic N) is 1. The molecule has 0 saturated heterocycles. The quantitative estimate of drug-likeness (QED) is 0.815. The molecule has 1 heterocycles. The summed E-state index contributed by atoms with van der Waals surface area (Å²) in [5.74, 6) is 0.462. The molecule has 0 bridgehead atoms. The smallest absolute Gasteiger partial charge is 0.226 e. The van der Waals surface area contributed by atoms with Crippen LogP contribution in [0.2, 0.25) is 0 Å². The Labute approximate surface area is 95.6 Å². The van der Waals surface area contributed by atoms with Crippen molar-refractivity contribution in [2.24, 2.45) is 0 Å². The zero-order valence-electron chi connectivity index (χ0n) is 8.93. The number of oxazole rings is 1. The second-order valence-corrected chi connectivity index (χ2v) is 4.46. The number of hydrogen-bond donors (Lipinski definition) is 1. The molecule has 4 nitrogen and oxygen atoms in total. The Morgan fingerprint density at radius 3 is 2.69 bits per heavy atom. The minimum absolute atomic E-state index is 0.383. The summed E-state index contributed by atoms with van der Waals surface area (Å²) in [4.78, 5) is 4.55. The highest BCUT2D eigenvalue weighted by atomic mass is 32.2. The highest BCUT2D eigenvalue weighted by Gasteiger charge is 2.10. The van der Waals surface area contributed by atoms with Gasteiger partial charge in [0.2, 0.25) is 5.89 Å². The largest absolute Gasteiger partial charge is 0.444 e. The lowest BCUT2D eigenvalue weighted by Gasteiger charge is -2.02. The molecule has 0 aliphatic heterocycles. The standard InChI is InChI=1S/C11H11NO3S/c1-7-3-4-9(5-10(7)16(13)14)11-12-8(2)6-15-11/h3-6H,1-2H3,(H,13,14). The second-order valence-electron chi connectivity index (χ2n) is 3.52. The van der Waals surface area contributed by atoms with E-state index in [1.165, 1.54) is 0 Å². The maximum Gasteiger partial charge on any atom is 0.226 e. The lowest BCUT2D eigenvalue weighted by atomic mass is 10.1. The molecule has 16 heavy (non-hydrogen) atoms. The highest BCUT2D eigenvalue weighted by molar-refractivity contribution is 7.79. The predicted octanol–water partition coefficient (Wildman–Crippen LogP) is 2.54. The van der Waals surface area contributed by atoms with Crippen molar-refractivity contribution in [3.63, 3.8) is 0 Å². The van der Waals surface area contributed by atoms with Gasteiger partial charge in [0.15, 0.2) is 11.1 Å². The van der Waals surface area contributed by atoms with Gasteiger partial charge in [0, 0.05) is 5.56 Å². The molecule has 84 valence electrons. The van der Waals surface area contributed by atoms with Crippen molar-refractivity contribution in [3.05, 3.63) is 35.7 Å². The first-order valence-electron chi connectivity index (χ1n) is 4.72. The van der Waals surface area contributed by atoms with Gasteiger partial charge in [0.05, 0.1) is 10.6 Å².